The van der Waals surface area contributed by atoms with Gasteiger partial charge in [-0.3, -0.25) is 37.0 Å². The highest BCUT2D eigenvalue weighted by molar-refractivity contribution is 7.56. The molecule has 44 heavy (non-hydrogen) atoms. The Morgan fingerprint density at radius 1 is 1.00 bits per heavy atom. The van der Waals surface area contributed by atoms with Crippen LogP contribution in [0.5, 0.6) is 0 Å². The van der Waals surface area contributed by atoms with Crippen LogP contribution in [0.3, 0.4) is 0 Å². The van der Waals surface area contributed by atoms with E-state index in [1.165, 1.54) is 17.2 Å². The van der Waals surface area contributed by atoms with Crippen LogP contribution >= 0.6 is 15.4 Å². The molecule has 20 nitrogen and oxygen atoms in total. The second-order valence-electron chi connectivity index (χ2n) is 10.0. The Bertz CT molecular complexity index is 1950. The van der Waals surface area contributed by atoms with Crippen molar-refractivity contribution in [1.82, 2.24) is 39.0 Å². The van der Waals surface area contributed by atoms with Crippen molar-refractivity contribution in [3.63, 3.8) is 0 Å². The molecule has 7 heterocycles. The number of halogens is 1. The van der Waals surface area contributed by atoms with Crippen molar-refractivity contribution in [3.05, 3.63) is 41.2 Å². The number of phosphoric acid groups is 1. The van der Waals surface area contributed by atoms with Crippen LogP contribution in [-0.4, -0.2) is 86.0 Å². The molecule has 7 rings (SSSR count). The van der Waals surface area contributed by atoms with Gasteiger partial charge in [-0.1, -0.05) is 0 Å². The molecule has 2 saturated heterocycles. The molecule has 0 radical (unpaired) electrons. The summed E-state index contributed by atoms with van der Waals surface area (Å²) in [6.45, 7) is -0.800. The molecule has 0 saturated carbocycles. The normalized spacial score (nSPS) is 36.9. The smallest absolute Gasteiger partial charge is 0.382 e. The number of ether oxygens (including phenoxy) is 2. The minimum Gasteiger partial charge on any atom is -0.382 e. The van der Waals surface area contributed by atoms with Crippen molar-refractivity contribution >= 4 is 49.5 Å². The molecule has 0 bridgehead atoms. The fraction of sp³-hybridized carbons (Fsp3) is 0.429. The maximum Gasteiger partial charge on any atom is 0.472 e. The van der Waals surface area contributed by atoms with Crippen molar-refractivity contribution in [1.29, 1.82) is 0 Å². The number of imidazole rings is 2. The lowest BCUT2D eigenvalue weighted by Crippen LogP contribution is -2.34. The summed E-state index contributed by atoms with van der Waals surface area (Å²) in [7, 11) is -9.58. The first kappa shape index (κ1) is 29.1. The molecule has 7 N–H and O–H groups in total. The van der Waals surface area contributed by atoms with Crippen LogP contribution in [0.4, 0.5) is 16.2 Å². The molecule has 3 aliphatic rings. The lowest BCUT2D eigenvalue weighted by molar-refractivity contribution is -0.0475. The van der Waals surface area contributed by atoms with Crippen LogP contribution in [0.2, 0.25) is 0 Å². The maximum atomic E-state index is 15.9. The van der Waals surface area contributed by atoms with E-state index in [9.17, 15) is 23.7 Å². The Morgan fingerprint density at radius 2 is 1.77 bits per heavy atom. The van der Waals surface area contributed by atoms with Gasteiger partial charge in [-0.15, -0.1) is 0 Å². The van der Waals surface area contributed by atoms with Crippen LogP contribution in [0.1, 0.15) is 18.9 Å². The first-order valence-electron chi connectivity index (χ1n) is 12.9. The van der Waals surface area contributed by atoms with Gasteiger partial charge in [0.05, 0.1) is 19.3 Å². The number of phosphoric ester groups is 1. The molecule has 234 valence electrons. The standard InChI is InChI=1S/C21H23FN10O10P2/c22-12-15-10(40-20(12)32-7-28-14-18(32)29-21(24)30-19(14)33)4-38-44(36,37)41-9-3-11(39-8(9)1-2-43(34,35)42-15)31-6-27-13-16(23)25-5-26-17(13)31/h1-2,5-12,15,20H,3-4H2,(H,34,35)(H,36,37)(H2,23,25,26)(H3,24,29,30,33)/b2-1+/t8-,9+,10-,11-,12-,15-,20-/m1/s1. The number of fused-ring (bicyclic) bond motifs is 4. The molecule has 2 unspecified atom stereocenters. The molecule has 0 aliphatic carbocycles. The summed E-state index contributed by atoms with van der Waals surface area (Å²) in [6, 6.07) is 0. The van der Waals surface area contributed by atoms with E-state index in [0.717, 1.165) is 22.8 Å². The first-order chi connectivity index (χ1) is 20.9. The zero-order chi connectivity index (χ0) is 31.0. The molecule has 0 spiro atoms. The van der Waals surface area contributed by atoms with Gasteiger partial charge in [-0.05, 0) is 6.08 Å². The number of hydrogen-bond acceptors (Lipinski definition) is 15. The van der Waals surface area contributed by atoms with Gasteiger partial charge >= 0.3 is 15.4 Å². The van der Waals surface area contributed by atoms with Crippen LogP contribution in [0.15, 0.2) is 35.7 Å². The van der Waals surface area contributed by atoms with Crippen molar-refractivity contribution in [3.8, 4) is 0 Å². The SMILES string of the molecule is Nc1nc2c(ncn2[C@@H]2O[C@@H]3COP(=O)(O)O[C@H]4C[C@H](n5cnc6c(N)ncnc65)O[C@@H]4/C=C/P(=O)(O)O[C@H]3[C@H]2F)c(=O)[nH]1. The van der Waals surface area contributed by atoms with E-state index in [1.54, 1.807) is 0 Å². The molecule has 0 aromatic carbocycles. The van der Waals surface area contributed by atoms with Crippen LogP contribution in [0, 0.1) is 0 Å². The Morgan fingerprint density at radius 3 is 2.59 bits per heavy atom. The van der Waals surface area contributed by atoms with Crippen molar-refractivity contribution in [2.75, 3.05) is 18.1 Å². The van der Waals surface area contributed by atoms with Gasteiger partial charge in [0.2, 0.25) is 5.95 Å². The Kier molecular flexibility index (Phi) is 6.92. The third kappa shape index (κ3) is 5.11. The van der Waals surface area contributed by atoms with Gasteiger partial charge in [0.25, 0.3) is 5.56 Å². The summed E-state index contributed by atoms with van der Waals surface area (Å²) in [6.07, 6.45) is -5.56. The Hall–Kier alpha value is -3.65. The van der Waals surface area contributed by atoms with Gasteiger partial charge in [0, 0.05) is 12.2 Å². The second-order valence-corrected chi connectivity index (χ2v) is 13.1. The van der Waals surface area contributed by atoms with Gasteiger partial charge in [0.15, 0.2) is 35.0 Å². The van der Waals surface area contributed by atoms with E-state index in [0.29, 0.717) is 11.2 Å². The number of nitrogens with zero attached hydrogens (tertiary/aromatic N) is 7. The molecular formula is C21H23FN10O10P2. The molecule has 23 heteroatoms. The van der Waals surface area contributed by atoms with Crippen molar-refractivity contribution < 1.29 is 46.4 Å². The zero-order valence-electron chi connectivity index (χ0n) is 22.1. The van der Waals surface area contributed by atoms with Gasteiger partial charge < -0.3 is 30.7 Å². The van der Waals surface area contributed by atoms with E-state index >= 15 is 4.39 Å². The highest BCUT2D eigenvalue weighted by Crippen LogP contribution is 2.54. The molecule has 0 amide bonds. The van der Waals surface area contributed by atoms with E-state index in [1.807, 2.05) is 0 Å². The summed E-state index contributed by atoms with van der Waals surface area (Å²) in [5.74, 6) is 0.608. The van der Waals surface area contributed by atoms with E-state index in [4.69, 9.17) is 34.5 Å². The number of aromatic nitrogens is 8. The number of anilines is 2. The van der Waals surface area contributed by atoms with Gasteiger partial charge in [0.1, 0.15) is 42.5 Å². The van der Waals surface area contributed by atoms with Crippen molar-refractivity contribution in [2.24, 2.45) is 0 Å². The summed E-state index contributed by atoms with van der Waals surface area (Å²) < 4.78 is 72.1. The summed E-state index contributed by atoms with van der Waals surface area (Å²) in [5.41, 5.74) is 11.1. The predicted octanol–water partition coefficient (Wildman–Crippen LogP) is 0.247. The fourth-order valence-electron chi connectivity index (χ4n) is 5.27. The van der Waals surface area contributed by atoms with Gasteiger partial charge in [-0.25, -0.2) is 28.9 Å². The Labute approximate surface area is 243 Å². The summed E-state index contributed by atoms with van der Waals surface area (Å²) in [4.78, 5) is 55.8. The molecule has 4 aromatic heterocycles. The minimum atomic E-state index is -4.87. The fourth-order valence-corrected chi connectivity index (χ4v) is 7.27. The number of aromatic amines is 1. The topological polar surface area (TPSA) is 280 Å². The zero-order valence-corrected chi connectivity index (χ0v) is 23.8. The number of alkyl halides is 1. The average Bonchev–Trinajstić information content (AvgIpc) is 3.72. The second kappa shape index (κ2) is 10.5. The minimum absolute atomic E-state index is 0.0466. The van der Waals surface area contributed by atoms with E-state index in [2.05, 4.69) is 29.9 Å². The Balaban J connectivity index is 1.18. The molecule has 3 aliphatic heterocycles. The van der Waals surface area contributed by atoms with E-state index < -0.39 is 70.6 Å². The predicted molar refractivity (Wildman–Crippen MR) is 144 cm³/mol. The highest BCUT2D eigenvalue weighted by atomic mass is 31.2. The number of nitrogen functional groups attached to an aromatic ring is 2. The molecule has 4 aromatic rings. The highest BCUT2D eigenvalue weighted by Gasteiger charge is 2.51. The average molecular weight is 656 g/mol. The number of H-pyrrole nitrogens is 1. The largest absolute Gasteiger partial charge is 0.472 e. The summed E-state index contributed by atoms with van der Waals surface area (Å²) >= 11 is 0. The first-order valence-corrected chi connectivity index (χ1v) is 16.0. The molecule has 2 fully saturated rings. The van der Waals surface area contributed by atoms with E-state index in [-0.39, 0.29) is 29.4 Å². The van der Waals surface area contributed by atoms with Crippen LogP contribution in [-0.2, 0) is 32.2 Å². The van der Waals surface area contributed by atoms with Crippen molar-refractivity contribution in [2.45, 2.75) is 49.5 Å². The third-order valence-electron chi connectivity index (χ3n) is 7.21. The van der Waals surface area contributed by atoms with Gasteiger partial charge in [-0.2, -0.15) is 4.98 Å². The van der Waals surface area contributed by atoms with Crippen LogP contribution in [0.25, 0.3) is 22.3 Å². The number of nitrogens with two attached hydrogens (primary N) is 2. The third-order valence-corrected chi connectivity index (χ3v) is 9.32. The lowest BCUT2D eigenvalue weighted by atomic mass is 10.1. The molecule has 9 atom stereocenters. The molecular weight excluding hydrogens is 633 g/mol. The lowest BCUT2D eigenvalue weighted by Gasteiger charge is -2.25. The quantitative estimate of drug-likeness (QED) is 0.181. The number of rotatable bonds is 2. The maximum absolute atomic E-state index is 15.9. The van der Waals surface area contributed by atoms with Crippen LogP contribution < -0.4 is 17.0 Å². The number of nitrogens with one attached hydrogen (secondary N) is 1. The summed E-state index contributed by atoms with van der Waals surface area (Å²) in [5, 5.41) is 0. The monoisotopic (exact) mass is 656 g/mol. The number of hydrogen-bond donors (Lipinski definition) is 5.